The molecule has 0 radical (unpaired) electrons. The summed E-state index contributed by atoms with van der Waals surface area (Å²) in [6.45, 7) is 0. The summed E-state index contributed by atoms with van der Waals surface area (Å²) in [5.41, 5.74) is 8.57. The smallest absolute Gasteiger partial charge is 0.249 e. The number of rotatable bonds is 1. The van der Waals surface area contributed by atoms with Gasteiger partial charge in [0.05, 0.1) is 0 Å². The third-order valence-electron chi connectivity index (χ3n) is 2.18. The molecule has 4 nitrogen and oxygen atoms in total. The standard InChI is InChI=1S/C11H6BrN3O/c12-10-4-3-7-5-9(11(16)14-15-13)2-1-8(7)6-10/h1-6H. The van der Waals surface area contributed by atoms with E-state index in [4.69, 9.17) is 5.53 Å². The Labute approximate surface area is 99.6 Å². The van der Waals surface area contributed by atoms with Gasteiger partial charge in [-0.1, -0.05) is 34.1 Å². The van der Waals surface area contributed by atoms with E-state index in [-0.39, 0.29) is 0 Å². The molecule has 0 aliphatic carbocycles. The van der Waals surface area contributed by atoms with Gasteiger partial charge in [0.15, 0.2) is 0 Å². The summed E-state index contributed by atoms with van der Waals surface area (Å²) >= 11 is 3.37. The van der Waals surface area contributed by atoms with Gasteiger partial charge in [0.1, 0.15) is 0 Å². The van der Waals surface area contributed by atoms with Crippen molar-refractivity contribution >= 4 is 32.6 Å². The lowest BCUT2D eigenvalue weighted by atomic mass is 10.1. The topological polar surface area (TPSA) is 65.8 Å². The van der Waals surface area contributed by atoms with Gasteiger partial charge in [-0.3, -0.25) is 4.79 Å². The van der Waals surface area contributed by atoms with Crippen molar-refractivity contribution in [2.45, 2.75) is 0 Å². The molecule has 0 saturated carbocycles. The number of benzene rings is 2. The first-order valence-electron chi connectivity index (χ1n) is 4.49. The molecule has 1 amide bonds. The van der Waals surface area contributed by atoms with E-state index in [0.29, 0.717) is 5.56 Å². The van der Waals surface area contributed by atoms with Crippen LogP contribution in [0.2, 0.25) is 0 Å². The molecule has 0 fully saturated rings. The van der Waals surface area contributed by atoms with E-state index in [2.05, 4.69) is 26.0 Å². The van der Waals surface area contributed by atoms with Gasteiger partial charge < -0.3 is 0 Å². The molecule has 78 valence electrons. The molecular formula is C11H6BrN3O. The summed E-state index contributed by atoms with van der Waals surface area (Å²) < 4.78 is 0.981. The Hall–Kier alpha value is -1.84. The third-order valence-corrected chi connectivity index (χ3v) is 2.68. The van der Waals surface area contributed by atoms with Crippen LogP contribution in [0.3, 0.4) is 0 Å². The molecule has 0 N–H and O–H groups in total. The molecule has 16 heavy (non-hydrogen) atoms. The van der Waals surface area contributed by atoms with Gasteiger partial charge in [0.25, 0.3) is 0 Å². The molecular weight excluding hydrogens is 270 g/mol. The summed E-state index contributed by atoms with van der Waals surface area (Å²) in [6.07, 6.45) is 0. The number of nitrogens with zero attached hydrogens (tertiary/aromatic N) is 3. The first-order chi connectivity index (χ1) is 7.70. The maximum absolute atomic E-state index is 11.3. The first-order valence-corrected chi connectivity index (χ1v) is 5.29. The van der Waals surface area contributed by atoms with Gasteiger partial charge >= 0.3 is 0 Å². The molecule has 0 spiro atoms. The van der Waals surface area contributed by atoms with Gasteiger partial charge in [-0.05, 0) is 39.6 Å². The summed E-state index contributed by atoms with van der Waals surface area (Å²) in [7, 11) is 0. The van der Waals surface area contributed by atoms with Crippen molar-refractivity contribution in [3.05, 3.63) is 56.9 Å². The number of azide groups is 1. The normalized spacial score (nSPS) is 9.81. The fourth-order valence-electron chi connectivity index (χ4n) is 1.45. The zero-order chi connectivity index (χ0) is 11.5. The van der Waals surface area contributed by atoms with Crippen molar-refractivity contribution in [1.82, 2.24) is 0 Å². The van der Waals surface area contributed by atoms with Gasteiger partial charge in [0.2, 0.25) is 5.91 Å². The van der Waals surface area contributed by atoms with Crippen LogP contribution in [-0.4, -0.2) is 5.91 Å². The van der Waals surface area contributed by atoms with Crippen molar-refractivity contribution in [3.63, 3.8) is 0 Å². The van der Waals surface area contributed by atoms with Gasteiger partial charge in [0, 0.05) is 14.9 Å². The Balaban J connectivity index is 2.56. The molecule has 0 atom stereocenters. The van der Waals surface area contributed by atoms with E-state index in [1.54, 1.807) is 12.1 Å². The van der Waals surface area contributed by atoms with Crippen LogP contribution >= 0.6 is 15.9 Å². The number of carbonyl (C=O) groups excluding carboxylic acids is 1. The Kier molecular flexibility index (Phi) is 2.90. The molecule has 2 aromatic carbocycles. The largest absolute Gasteiger partial charge is 0.287 e. The zero-order valence-corrected chi connectivity index (χ0v) is 9.68. The third kappa shape index (κ3) is 2.05. The fourth-order valence-corrected chi connectivity index (χ4v) is 1.83. The highest BCUT2D eigenvalue weighted by atomic mass is 79.9. The Morgan fingerprint density at radius 1 is 1.19 bits per heavy atom. The highest BCUT2D eigenvalue weighted by molar-refractivity contribution is 9.10. The van der Waals surface area contributed by atoms with Crippen molar-refractivity contribution < 1.29 is 4.79 Å². The number of hydrogen-bond donors (Lipinski definition) is 0. The maximum Gasteiger partial charge on any atom is 0.249 e. The van der Waals surface area contributed by atoms with Crippen LogP contribution in [0.5, 0.6) is 0 Å². The predicted octanol–water partition coefficient (Wildman–Crippen LogP) is 4.05. The van der Waals surface area contributed by atoms with Crippen LogP contribution < -0.4 is 0 Å². The second kappa shape index (κ2) is 4.35. The fraction of sp³-hybridized carbons (Fsp3) is 0. The molecule has 0 bridgehead atoms. The SMILES string of the molecule is [N-]=[N+]=NC(=O)c1ccc2cc(Br)ccc2c1. The lowest BCUT2D eigenvalue weighted by Gasteiger charge is -2.00. The monoisotopic (exact) mass is 275 g/mol. The van der Waals surface area contributed by atoms with Crippen molar-refractivity contribution in [3.8, 4) is 0 Å². The first kappa shape index (κ1) is 10.7. The molecule has 0 heterocycles. The molecule has 2 aromatic rings. The molecule has 0 aliphatic heterocycles. The van der Waals surface area contributed by atoms with E-state index in [1.165, 1.54) is 0 Å². The van der Waals surface area contributed by atoms with Crippen LogP contribution in [0.15, 0.2) is 46.0 Å². The van der Waals surface area contributed by atoms with E-state index >= 15 is 0 Å². The van der Waals surface area contributed by atoms with Gasteiger partial charge in [-0.15, -0.1) is 0 Å². The Bertz CT molecular complexity index is 618. The minimum atomic E-state index is -0.563. The van der Waals surface area contributed by atoms with Crippen molar-refractivity contribution in [2.75, 3.05) is 0 Å². The molecule has 0 unspecified atom stereocenters. The van der Waals surface area contributed by atoms with Crippen molar-refractivity contribution in [2.24, 2.45) is 5.11 Å². The van der Waals surface area contributed by atoms with Gasteiger partial charge in [-0.2, -0.15) is 0 Å². The second-order valence-corrected chi connectivity index (χ2v) is 4.12. The molecule has 5 heteroatoms. The van der Waals surface area contributed by atoms with E-state index < -0.39 is 5.91 Å². The summed E-state index contributed by atoms with van der Waals surface area (Å²) in [6, 6.07) is 10.9. The number of fused-ring (bicyclic) bond motifs is 1. The van der Waals surface area contributed by atoms with E-state index in [1.807, 2.05) is 24.3 Å². The van der Waals surface area contributed by atoms with Crippen LogP contribution in [-0.2, 0) is 0 Å². The minimum absolute atomic E-state index is 0.396. The van der Waals surface area contributed by atoms with E-state index in [0.717, 1.165) is 15.2 Å². The molecule has 2 rings (SSSR count). The lowest BCUT2D eigenvalue weighted by molar-refractivity contribution is 0.100. The average Bonchev–Trinajstić information content (AvgIpc) is 2.28. The highest BCUT2D eigenvalue weighted by Crippen LogP contribution is 2.21. The lowest BCUT2D eigenvalue weighted by Crippen LogP contribution is -1.92. The minimum Gasteiger partial charge on any atom is -0.287 e. The quantitative estimate of drug-likeness (QED) is 0.440. The highest BCUT2D eigenvalue weighted by Gasteiger charge is 2.03. The summed E-state index contributed by atoms with van der Waals surface area (Å²) in [5, 5.41) is 5.00. The van der Waals surface area contributed by atoms with Crippen LogP contribution in [0.1, 0.15) is 10.4 Å². The second-order valence-electron chi connectivity index (χ2n) is 3.20. The maximum atomic E-state index is 11.3. The van der Waals surface area contributed by atoms with Crippen molar-refractivity contribution in [1.29, 1.82) is 0 Å². The molecule has 0 aliphatic rings. The van der Waals surface area contributed by atoms with E-state index in [9.17, 15) is 4.79 Å². The predicted molar refractivity (Wildman–Crippen MR) is 65.1 cm³/mol. The van der Waals surface area contributed by atoms with Crippen LogP contribution in [0.25, 0.3) is 21.2 Å². The number of carbonyl (C=O) groups is 1. The number of amides is 1. The van der Waals surface area contributed by atoms with Crippen LogP contribution in [0, 0.1) is 0 Å². The summed E-state index contributed by atoms with van der Waals surface area (Å²) in [4.78, 5) is 13.8. The zero-order valence-electron chi connectivity index (χ0n) is 8.09. The van der Waals surface area contributed by atoms with Gasteiger partial charge in [-0.25, -0.2) is 0 Å². The molecule has 0 aromatic heterocycles. The number of hydrogen-bond acceptors (Lipinski definition) is 1. The average molecular weight is 276 g/mol. The number of halogens is 1. The summed E-state index contributed by atoms with van der Waals surface area (Å²) in [5.74, 6) is -0.563. The Morgan fingerprint density at radius 3 is 2.62 bits per heavy atom. The Morgan fingerprint density at radius 2 is 1.88 bits per heavy atom. The van der Waals surface area contributed by atoms with Crippen LogP contribution in [0.4, 0.5) is 0 Å². The molecule has 0 saturated heterocycles.